The number of hydrogen-bond acceptors (Lipinski definition) is 6. The maximum Gasteiger partial charge on any atom is 0.490 e. The third-order valence-corrected chi connectivity index (χ3v) is 6.32. The van der Waals surface area contributed by atoms with Crippen molar-refractivity contribution in [3.63, 3.8) is 0 Å². The van der Waals surface area contributed by atoms with Crippen LogP contribution in [0.5, 0.6) is 0 Å². The molecule has 0 bridgehead atoms. The van der Waals surface area contributed by atoms with Crippen molar-refractivity contribution >= 4 is 17.8 Å². The molecule has 2 saturated heterocycles. The highest BCUT2D eigenvalue weighted by Crippen LogP contribution is 2.35. The quantitative estimate of drug-likeness (QED) is 0.495. The number of alkyl halides is 6. The largest absolute Gasteiger partial charge is 0.490 e. The summed E-state index contributed by atoms with van der Waals surface area (Å²) >= 11 is 0. The minimum absolute atomic E-state index is 0.0669. The zero-order chi connectivity index (χ0) is 31.6. The van der Waals surface area contributed by atoms with Gasteiger partial charge in [0.25, 0.3) is 5.91 Å². The molecule has 0 atom stereocenters. The second-order valence-electron chi connectivity index (χ2n) is 9.53. The first kappa shape index (κ1) is 34.4. The Morgan fingerprint density at radius 2 is 1.52 bits per heavy atom. The third-order valence-electron chi connectivity index (χ3n) is 6.32. The average Bonchev–Trinajstić information content (AvgIpc) is 3.10. The van der Waals surface area contributed by atoms with E-state index in [4.69, 9.17) is 24.5 Å². The second kappa shape index (κ2) is 14.9. The Balaban J connectivity index is 0.000000367. The molecule has 0 saturated carbocycles. The number of ether oxygens (including phenoxy) is 1. The van der Waals surface area contributed by atoms with Crippen LogP contribution in [0.1, 0.15) is 28.8 Å². The number of aliphatic carboxylic acids is 2. The number of aromatic nitrogens is 1. The molecule has 2 fully saturated rings. The van der Waals surface area contributed by atoms with E-state index in [1.54, 1.807) is 18.3 Å². The lowest BCUT2D eigenvalue weighted by Gasteiger charge is -2.42. The number of carboxylic acids is 2. The standard InChI is InChI=1S/C22H26FN3O2.2C2HF3O2/c23-20-5-1-4-19(13-20)21(27)26-9-6-22(7-10-26)16-25(11-12-28-17-22)15-18-3-2-8-24-14-18;2*3-2(4,5)1(6)7/h1-5,8,13-14H,6-7,9-12,15-17H2;2*(H,6,7). The van der Waals surface area contributed by atoms with E-state index >= 15 is 0 Å². The van der Waals surface area contributed by atoms with E-state index in [1.807, 2.05) is 17.2 Å². The molecule has 2 aliphatic heterocycles. The number of piperidine rings is 1. The van der Waals surface area contributed by atoms with Gasteiger partial charge >= 0.3 is 24.3 Å². The van der Waals surface area contributed by atoms with E-state index in [0.29, 0.717) is 18.7 Å². The monoisotopic (exact) mass is 611 g/mol. The SMILES string of the molecule is O=C(O)C(F)(F)F.O=C(O)C(F)(F)F.O=C(c1cccc(F)c1)N1CCC2(CC1)COCCN(Cc1cccnc1)C2. The van der Waals surface area contributed by atoms with Gasteiger partial charge in [0.05, 0.1) is 13.2 Å². The number of hydrogen-bond donors (Lipinski definition) is 2. The Morgan fingerprint density at radius 3 is 2.02 bits per heavy atom. The molecule has 3 heterocycles. The molecular weight excluding hydrogens is 583 g/mol. The van der Waals surface area contributed by atoms with Crippen LogP contribution in [-0.4, -0.2) is 94.6 Å². The first-order valence-corrected chi connectivity index (χ1v) is 12.4. The van der Waals surface area contributed by atoms with Gasteiger partial charge < -0.3 is 19.8 Å². The van der Waals surface area contributed by atoms with E-state index in [-0.39, 0.29) is 17.1 Å². The molecule has 2 N–H and O–H groups in total. The first-order valence-electron chi connectivity index (χ1n) is 12.4. The van der Waals surface area contributed by atoms with Crippen LogP contribution in [0, 0.1) is 11.2 Å². The van der Waals surface area contributed by atoms with Gasteiger partial charge in [-0.3, -0.25) is 14.7 Å². The summed E-state index contributed by atoms with van der Waals surface area (Å²) in [6.07, 6.45) is -4.66. The third kappa shape index (κ3) is 11.2. The highest BCUT2D eigenvalue weighted by molar-refractivity contribution is 5.94. The fraction of sp³-hybridized carbons (Fsp3) is 0.462. The van der Waals surface area contributed by atoms with E-state index in [1.165, 1.54) is 17.7 Å². The predicted molar refractivity (Wildman–Crippen MR) is 132 cm³/mol. The van der Waals surface area contributed by atoms with Crippen molar-refractivity contribution in [2.45, 2.75) is 31.7 Å². The summed E-state index contributed by atoms with van der Waals surface area (Å²) in [6, 6.07) is 10.0. The fourth-order valence-electron chi connectivity index (χ4n) is 4.26. The normalized spacial score (nSPS) is 17.2. The zero-order valence-electron chi connectivity index (χ0n) is 22.0. The number of pyridine rings is 1. The van der Waals surface area contributed by atoms with Crippen LogP contribution in [0.25, 0.3) is 0 Å². The van der Waals surface area contributed by atoms with Crippen molar-refractivity contribution in [1.29, 1.82) is 0 Å². The minimum Gasteiger partial charge on any atom is -0.475 e. The molecule has 0 radical (unpaired) electrons. The molecule has 2 aliphatic rings. The molecule has 1 aromatic carbocycles. The van der Waals surface area contributed by atoms with Crippen LogP contribution in [0.4, 0.5) is 30.7 Å². The fourth-order valence-corrected chi connectivity index (χ4v) is 4.26. The maximum absolute atomic E-state index is 13.5. The van der Waals surface area contributed by atoms with Crippen molar-refractivity contribution < 1.29 is 60.1 Å². The lowest BCUT2D eigenvalue weighted by atomic mass is 9.78. The van der Waals surface area contributed by atoms with E-state index < -0.39 is 24.3 Å². The van der Waals surface area contributed by atoms with Gasteiger partial charge in [0.2, 0.25) is 0 Å². The van der Waals surface area contributed by atoms with Crippen LogP contribution < -0.4 is 0 Å². The van der Waals surface area contributed by atoms with Crippen molar-refractivity contribution in [3.8, 4) is 0 Å². The number of carboxylic acid groups (broad SMARTS) is 2. The number of likely N-dealkylation sites (tertiary alicyclic amines) is 1. The Bertz CT molecular complexity index is 1160. The lowest BCUT2D eigenvalue weighted by molar-refractivity contribution is -0.193. The summed E-state index contributed by atoms with van der Waals surface area (Å²) in [5.41, 5.74) is 1.70. The molecule has 1 amide bonds. The summed E-state index contributed by atoms with van der Waals surface area (Å²) in [5.74, 6) is -5.97. The van der Waals surface area contributed by atoms with E-state index in [2.05, 4.69) is 16.0 Å². The number of benzene rings is 1. The topological polar surface area (TPSA) is 120 Å². The highest BCUT2D eigenvalue weighted by atomic mass is 19.4. The molecule has 2 aromatic rings. The van der Waals surface area contributed by atoms with E-state index in [0.717, 1.165) is 45.7 Å². The lowest BCUT2D eigenvalue weighted by Crippen LogP contribution is -2.48. The summed E-state index contributed by atoms with van der Waals surface area (Å²) in [5, 5.41) is 14.2. The molecular formula is C26H28F7N3O6. The molecule has 232 valence electrons. The Labute approximate surface area is 235 Å². The van der Waals surface area contributed by atoms with Crippen LogP contribution in [0.3, 0.4) is 0 Å². The minimum atomic E-state index is -5.08. The van der Waals surface area contributed by atoms with Gasteiger partial charge in [-0.05, 0) is 42.7 Å². The maximum atomic E-state index is 13.5. The van der Waals surface area contributed by atoms with Crippen LogP contribution in [0.15, 0.2) is 48.8 Å². The summed E-state index contributed by atoms with van der Waals surface area (Å²) in [4.78, 5) is 39.0. The number of nitrogens with zero attached hydrogens (tertiary/aromatic N) is 3. The zero-order valence-corrected chi connectivity index (χ0v) is 22.0. The van der Waals surface area contributed by atoms with Gasteiger partial charge in [0.15, 0.2) is 0 Å². The predicted octanol–water partition coefficient (Wildman–Crippen LogP) is 4.24. The van der Waals surface area contributed by atoms with Gasteiger partial charge in [-0.25, -0.2) is 14.0 Å². The summed E-state index contributed by atoms with van der Waals surface area (Å²) in [7, 11) is 0. The molecule has 0 unspecified atom stereocenters. The average molecular weight is 612 g/mol. The second-order valence-corrected chi connectivity index (χ2v) is 9.53. The van der Waals surface area contributed by atoms with Crippen molar-refractivity contribution in [2.75, 3.05) is 39.4 Å². The van der Waals surface area contributed by atoms with Gasteiger partial charge in [0.1, 0.15) is 5.82 Å². The number of rotatable bonds is 3. The van der Waals surface area contributed by atoms with Gasteiger partial charge in [0, 0.05) is 56.1 Å². The molecule has 1 spiro atoms. The van der Waals surface area contributed by atoms with Gasteiger partial charge in [-0.1, -0.05) is 12.1 Å². The Morgan fingerprint density at radius 1 is 0.929 bits per heavy atom. The molecule has 4 rings (SSSR count). The number of carbonyl (C=O) groups is 3. The van der Waals surface area contributed by atoms with Crippen LogP contribution in [0.2, 0.25) is 0 Å². The number of amides is 1. The summed E-state index contributed by atoms with van der Waals surface area (Å²) in [6.45, 7) is 5.56. The van der Waals surface area contributed by atoms with Crippen LogP contribution >= 0.6 is 0 Å². The Hall–Kier alpha value is -3.79. The number of carbonyl (C=O) groups excluding carboxylic acids is 1. The molecule has 16 heteroatoms. The highest BCUT2D eigenvalue weighted by Gasteiger charge is 2.40. The van der Waals surface area contributed by atoms with Crippen molar-refractivity contribution in [3.05, 3.63) is 65.7 Å². The smallest absolute Gasteiger partial charge is 0.475 e. The first-order chi connectivity index (χ1) is 19.5. The number of halogens is 7. The van der Waals surface area contributed by atoms with E-state index in [9.17, 15) is 35.5 Å². The van der Waals surface area contributed by atoms with Crippen LogP contribution in [-0.2, 0) is 20.9 Å². The molecule has 1 aromatic heterocycles. The van der Waals surface area contributed by atoms with Gasteiger partial charge in [-0.15, -0.1) is 0 Å². The van der Waals surface area contributed by atoms with Crippen molar-refractivity contribution in [2.24, 2.45) is 5.41 Å². The molecule has 0 aliphatic carbocycles. The van der Waals surface area contributed by atoms with Gasteiger partial charge in [-0.2, -0.15) is 26.3 Å². The molecule has 42 heavy (non-hydrogen) atoms. The Kier molecular flexibility index (Phi) is 12.2. The van der Waals surface area contributed by atoms with Crippen molar-refractivity contribution in [1.82, 2.24) is 14.8 Å². The molecule has 9 nitrogen and oxygen atoms in total. The summed E-state index contributed by atoms with van der Waals surface area (Å²) < 4.78 is 82.9.